The Labute approximate surface area is 194 Å². The summed E-state index contributed by atoms with van der Waals surface area (Å²) in [5.74, 6) is 2.31. The molecule has 6 rings (SSSR count). The van der Waals surface area contributed by atoms with Crippen LogP contribution in [0.2, 0.25) is 0 Å². The van der Waals surface area contributed by atoms with Crippen LogP contribution in [0.4, 0.5) is 5.69 Å². The van der Waals surface area contributed by atoms with E-state index in [0.717, 1.165) is 48.8 Å². The second-order valence-corrected chi connectivity index (χ2v) is 9.47. The van der Waals surface area contributed by atoms with E-state index < -0.39 is 0 Å². The molecule has 3 aliphatic heterocycles. The van der Waals surface area contributed by atoms with E-state index in [1.54, 1.807) is 0 Å². The van der Waals surface area contributed by atoms with E-state index in [1.165, 1.54) is 42.3 Å². The maximum absolute atomic E-state index is 9.28. The van der Waals surface area contributed by atoms with E-state index in [0.29, 0.717) is 25.2 Å². The number of nitriles is 1. The number of piperidine rings is 2. The third-order valence-corrected chi connectivity index (χ3v) is 7.68. The van der Waals surface area contributed by atoms with Gasteiger partial charge >= 0.3 is 0 Å². The third-order valence-electron chi connectivity index (χ3n) is 7.68. The molecule has 3 aromatic rings. The lowest BCUT2D eigenvalue weighted by molar-refractivity contribution is 0.132. The molecule has 6 nitrogen and oxygen atoms in total. The second-order valence-electron chi connectivity index (χ2n) is 9.47. The fourth-order valence-electron chi connectivity index (χ4n) is 5.84. The zero-order valence-corrected chi connectivity index (χ0v) is 18.9. The lowest BCUT2D eigenvalue weighted by Gasteiger charge is -2.42. The van der Waals surface area contributed by atoms with Crippen LogP contribution in [0.5, 0.6) is 11.5 Å². The minimum Gasteiger partial charge on any atom is -0.486 e. The van der Waals surface area contributed by atoms with Crippen LogP contribution < -0.4 is 14.4 Å². The number of ether oxygens (including phenoxy) is 2. The maximum Gasteiger partial charge on any atom is 0.163 e. The zero-order chi connectivity index (χ0) is 22.2. The van der Waals surface area contributed by atoms with E-state index in [4.69, 9.17) is 9.47 Å². The van der Waals surface area contributed by atoms with Crippen LogP contribution in [-0.2, 0) is 0 Å². The smallest absolute Gasteiger partial charge is 0.163 e. The molecule has 2 saturated heterocycles. The number of hydrogen-bond acceptors (Lipinski definition) is 5. The number of nitrogens with one attached hydrogen (secondary N) is 1. The van der Waals surface area contributed by atoms with E-state index in [2.05, 4.69) is 39.2 Å². The molecule has 2 fully saturated rings. The van der Waals surface area contributed by atoms with Crippen LogP contribution in [-0.4, -0.2) is 55.3 Å². The minimum atomic E-state index is 0.571. The van der Waals surface area contributed by atoms with Gasteiger partial charge in [0.1, 0.15) is 13.2 Å². The van der Waals surface area contributed by atoms with E-state index in [-0.39, 0.29) is 0 Å². The van der Waals surface area contributed by atoms with Crippen LogP contribution >= 0.6 is 0 Å². The Morgan fingerprint density at radius 2 is 1.67 bits per heavy atom. The van der Waals surface area contributed by atoms with Crippen molar-refractivity contribution in [3.8, 4) is 17.6 Å². The standard InChI is InChI=1S/C27H30N4O2/c28-17-19-1-3-25-23(15-19)24(18-29-25)20-5-9-30(10-6-20)21-7-11-31(12-8-21)22-2-4-26-27(16-22)33-14-13-32-26/h1-4,15-16,18,20-21,29H,5-14H2. The summed E-state index contributed by atoms with van der Waals surface area (Å²) in [7, 11) is 0. The summed E-state index contributed by atoms with van der Waals surface area (Å²) >= 11 is 0. The van der Waals surface area contributed by atoms with Crippen LogP contribution in [0.15, 0.2) is 42.6 Å². The molecule has 0 spiro atoms. The summed E-state index contributed by atoms with van der Waals surface area (Å²) in [5.41, 5.74) is 4.51. The summed E-state index contributed by atoms with van der Waals surface area (Å²) in [6.45, 7) is 5.75. The van der Waals surface area contributed by atoms with Crippen LogP contribution in [0, 0.1) is 11.3 Å². The molecule has 2 aromatic carbocycles. The number of likely N-dealkylation sites (tertiary alicyclic amines) is 1. The Morgan fingerprint density at radius 1 is 0.879 bits per heavy atom. The van der Waals surface area contributed by atoms with Gasteiger partial charge in [-0.2, -0.15) is 5.26 Å². The number of aromatic amines is 1. The van der Waals surface area contributed by atoms with Crippen molar-refractivity contribution in [1.29, 1.82) is 5.26 Å². The summed E-state index contributed by atoms with van der Waals surface area (Å²) in [4.78, 5) is 8.61. The maximum atomic E-state index is 9.28. The number of aromatic nitrogens is 1. The molecule has 170 valence electrons. The third kappa shape index (κ3) is 3.91. The van der Waals surface area contributed by atoms with Gasteiger partial charge in [0, 0.05) is 48.0 Å². The van der Waals surface area contributed by atoms with Crippen molar-refractivity contribution in [3.63, 3.8) is 0 Å². The molecule has 0 aliphatic carbocycles. The molecule has 4 heterocycles. The number of anilines is 1. The molecule has 6 heteroatoms. The van der Waals surface area contributed by atoms with Crippen molar-refractivity contribution in [1.82, 2.24) is 9.88 Å². The Kier molecular flexibility index (Phi) is 5.35. The Morgan fingerprint density at radius 3 is 2.45 bits per heavy atom. The lowest BCUT2D eigenvalue weighted by Crippen LogP contribution is -2.47. The summed E-state index contributed by atoms with van der Waals surface area (Å²) in [5, 5.41) is 10.5. The van der Waals surface area contributed by atoms with Crippen molar-refractivity contribution >= 4 is 16.6 Å². The highest BCUT2D eigenvalue weighted by atomic mass is 16.6. The lowest BCUT2D eigenvalue weighted by atomic mass is 9.87. The van der Waals surface area contributed by atoms with Gasteiger partial charge in [-0.25, -0.2) is 0 Å². The largest absolute Gasteiger partial charge is 0.486 e. The van der Waals surface area contributed by atoms with E-state index in [1.807, 2.05) is 24.3 Å². The Balaban J connectivity index is 1.06. The van der Waals surface area contributed by atoms with Gasteiger partial charge in [-0.15, -0.1) is 0 Å². The van der Waals surface area contributed by atoms with Gasteiger partial charge in [-0.1, -0.05) is 0 Å². The van der Waals surface area contributed by atoms with Gasteiger partial charge in [-0.05, 0) is 80.6 Å². The van der Waals surface area contributed by atoms with Crippen LogP contribution in [0.3, 0.4) is 0 Å². The van der Waals surface area contributed by atoms with Crippen molar-refractivity contribution in [2.75, 3.05) is 44.3 Å². The molecular weight excluding hydrogens is 412 g/mol. The van der Waals surface area contributed by atoms with Gasteiger partial charge in [0.15, 0.2) is 11.5 Å². The predicted molar refractivity (Wildman–Crippen MR) is 129 cm³/mol. The topological polar surface area (TPSA) is 64.5 Å². The number of hydrogen-bond donors (Lipinski definition) is 1. The fourth-order valence-corrected chi connectivity index (χ4v) is 5.84. The molecule has 1 aromatic heterocycles. The van der Waals surface area contributed by atoms with Gasteiger partial charge in [0.25, 0.3) is 0 Å². The Bertz CT molecular complexity index is 1180. The first kappa shape index (κ1) is 20.4. The monoisotopic (exact) mass is 442 g/mol. The summed E-state index contributed by atoms with van der Waals surface area (Å²) in [6, 6.07) is 15.3. The number of benzene rings is 2. The Hall–Kier alpha value is -3.17. The van der Waals surface area contributed by atoms with Crippen LogP contribution in [0.25, 0.3) is 10.9 Å². The molecule has 0 bridgehead atoms. The van der Waals surface area contributed by atoms with Gasteiger partial charge in [0.2, 0.25) is 0 Å². The van der Waals surface area contributed by atoms with Crippen LogP contribution in [0.1, 0.15) is 42.7 Å². The molecule has 1 N–H and O–H groups in total. The van der Waals surface area contributed by atoms with Crippen molar-refractivity contribution < 1.29 is 9.47 Å². The normalized spacial score (nSPS) is 20.2. The molecule has 0 saturated carbocycles. The fraction of sp³-hybridized carbons (Fsp3) is 0.444. The number of fused-ring (bicyclic) bond motifs is 2. The SMILES string of the molecule is N#Cc1ccc2[nH]cc(C3CCN(C4CCN(c5ccc6c(c5)OCCO6)CC4)CC3)c2c1. The second kappa shape index (κ2) is 8.64. The minimum absolute atomic E-state index is 0.571. The molecule has 0 radical (unpaired) electrons. The van der Waals surface area contributed by atoms with Gasteiger partial charge in [-0.3, -0.25) is 0 Å². The molecular formula is C27H30N4O2. The van der Waals surface area contributed by atoms with E-state index in [9.17, 15) is 5.26 Å². The average Bonchev–Trinajstić information content (AvgIpc) is 3.32. The van der Waals surface area contributed by atoms with Crippen molar-refractivity contribution in [2.24, 2.45) is 0 Å². The number of H-pyrrole nitrogens is 1. The first-order valence-corrected chi connectivity index (χ1v) is 12.2. The predicted octanol–water partition coefficient (Wildman–Crippen LogP) is 4.66. The highest BCUT2D eigenvalue weighted by Crippen LogP contribution is 2.37. The molecule has 0 atom stereocenters. The number of rotatable bonds is 3. The van der Waals surface area contributed by atoms with Crippen molar-refractivity contribution in [2.45, 2.75) is 37.6 Å². The molecule has 3 aliphatic rings. The molecule has 33 heavy (non-hydrogen) atoms. The van der Waals surface area contributed by atoms with Gasteiger partial charge < -0.3 is 24.3 Å². The average molecular weight is 443 g/mol. The highest BCUT2D eigenvalue weighted by molar-refractivity contribution is 5.85. The van der Waals surface area contributed by atoms with E-state index >= 15 is 0 Å². The number of nitrogens with zero attached hydrogens (tertiary/aromatic N) is 3. The highest BCUT2D eigenvalue weighted by Gasteiger charge is 2.30. The summed E-state index contributed by atoms with van der Waals surface area (Å²) < 4.78 is 11.4. The molecule has 0 unspecified atom stereocenters. The first-order valence-electron chi connectivity index (χ1n) is 12.2. The van der Waals surface area contributed by atoms with Crippen molar-refractivity contribution in [3.05, 3.63) is 53.7 Å². The molecule has 0 amide bonds. The first-order chi connectivity index (χ1) is 16.3. The van der Waals surface area contributed by atoms with Gasteiger partial charge in [0.05, 0.1) is 11.6 Å². The quantitative estimate of drug-likeness (QED) is 0.639. The summed E-state index contributed by atoms with van der Waals surface area (Å²) in [6.07, 6.45) is 6.95. The zero-order valence-electron chi connectivity index (χ0n) is 18.9.